The Kier molecular flexibility index (Phi) is 6.01. The molecule has 4 unspecified atom stereocenters. The molecule has 0 aromatic heterocycles. The van der Waals surface area contributed by atoms with Crippen LogP contribution in [-0.2, 0) is 4.74 Å². The number of guanidine groups is 1. The van der Waals surface area contributed by atoms with Crippen molar-refractivity contribution < 1.29 is 4.74 Å². The van der Waals surface area contributed by atoms with Crippen molar-refractivity contribution >= 4 is 5.96 Å². The zero-order valence-electron chi connectivity index (χ0n) is 17.0. The lowest BCUT2D eigenvalue weighted by Gasteiger charge is -2.33. The number of hydrogen-bond donors (Lipinski definition) is 1. The topological polar surface area (TPSA) is 36.9 Å². The molecule has 0 bridgehead atoms. The minimum atomic E-state index is 0.200. The maximum Gasteiger partial charge on any atom is 0.193 e. The van der Waals surface area contributed by atoms with Gasteiger partial charge in [0.15, 0.2) is 5.96 Å². The van der Waals surface area contributed by atoms with Crippen molar-refractivity contribution in [1.82, 2.24) is 10.2 Å². The molecule has 0 spiro atoms. The molecule has 2 heterocycles. The van der Waals surface area contributed by atoms with Gasteiger partial charge >= 0.3 is 0 Å². The fraction of sp³-hybridized carbons (Fsp3) is 0.696. The molecule has 1 saturated carbocycles. The second-order valence-electron chi connectivity index (χ2n) is 8.74. The number of nitrogens with zero attached hydrogens (tertiary/aromatic N) is 2. The highest BCUT2D eigenvalue weighted by Crippen LogP contribution is 2.36. The average molecular weight is 370 g/mol. The van der Waals surface area contributed by atoms with Crippen molar-refractivity contribution in [2.75, 3.05) is 33.3 Å². The van der Waals surface area contributed by atoms with Crippen LogP contribution in [-0.4, -0.2) is 44.1 Å². The van der Waals surface area contributed by atoms with Crippen molar-refractivity contribution in [2.45, 2.75) is 51.6 Å². The molecular formula is C23H35N3O. The Morgan fingerprint density at radius 1 is 1.07 bits per heavy atom. The van der Waals surface area contributed by atoms with Gasteiger partial charge in [-0.05, 0) is 50.0 Å². The molecule has 1 aromatic rings. The standard InChI is InChI=1S/C23H35N3O/c1-17-9-11-18(12-10-17)22-19(8-5-13-27-22)14-25-23(24-2)26-15-20-6-3-4-7-21(20)16-26/h9-12,19-22H,3-8,13-16H2,1-2H3,(H,24,25). The molecule has 4 rings (SSSR count). The van der Waals surface area contributed by atoms with E-state index < -0.39 is 0 Å². The first-order valence-corrected chi connectivity index (χ1v) is 10.9. The number of benzene rings is 1. The summed E-state index contributed by atoms with van der Waals surface area (Å²) in [5.74, 6) is 3.37. The summed E-state index contributed by atoms with van der Waals surface area (Å²) in [5, 5.41) is 3.70. The Hall–Kier alpha value is -1.55. The maximum atomic E-state index is 6.19. The zero-order chi connectivity index (χ0) is 18.6. The number of nitrogens with one attached hydrogen (secondary N) is 1. The van der Waals surface area contributed by atoms with Crippen LogP contribution in [0.15, 0.2) is 29.3 Å². The predicted octanol–water partition coefficient (Wildman–Crippen LogP) is 4.16. The van der Waals surface area contributed by atoms with E-state index in [1.54, 1.807) is 0 Å². The summed E-state index contributed by atoms with van der Waals surface area (Å²) in [4.78, 5) is 7.12. The Bertz CT molecular complexity index is 628. The Labute approximate surface area is 164 Å². The summed E-state index contributed by atoms with van der Waals surface area (Å²) in [6.45, 7) is 6.33. The average Bonchev–Trinajstić information content (AvgIpc) is 3.13. The summed E-state index contributed by atoms with van der Waals surface area (Å²) < 4.78 is 6.19. The molecule has 4 nitrogen and oxygen atoms in total. The first-order valence-electron chi connectivity index (χ1n) is 10.9. The minimum absolute atomic E-state index is 0.200. The van der Waals surface area contributed by atoms with Crippen LogP contribution in [0.25, 0.3) is 0 Å². The summed E-state index contributed by atoms with van der Waals surface area (Å²) in [6, 6.07) is 8.86. The molecule has 0 amide bonds. The van der Waals surface area contributed by atoms with Crippen molar-refractivity contribution in [3.8, 4) is 0 Å². The molecule has 148 valence electrons. The lowest BCUT2D eigenvalue weighted by molar-refractivity contribution is -0.0266. The molecule has 3 fully saturated rings. The van der Waals surface area contributed by atoms with Crippen LogP contribution in [0.4, 0.5) is 0 Å². The van der Waals surface area contributed by atoms with Crippen molar-refractivity contribution in [1.29, 1.82) is 0 Å². The van der Waals surface area contributed by atoms with Gasteiger partial charge in [0.1, 0.15) is 0 Å². The van der Waals surface area contributed by atoms with E-state index in [9.17, 15) is 0 Å². The summed E-state index contributed by atoms with van der Waals surface area (Å²) in [6.07, 6.45) is 8.21. The molecule has 1 aromatic carbocycles. The molecule has 1 N–H and O–H groups in total. The number of aryl methyl sites for hydroxylation is 1. The lowest BCUT2D eigenvalue weighted by Crippen LogP contribution is -2.43. The molecule has 2 saturated heterocycles. The van der Waals surface area contributed by atoms with Crippen LogP contribution in [0, 0.1) is 24.7 Å². The highest BCUT2D eigenvalue weighted by molar-refractivity contribution is 5.80. The third-order valence-electron chi connectivity index (χ3n) is 6.86. The van der Waals surface area contributed by atoms with Gasteiger partial charge in [0.05, 0.1) is 6.10 Å². The number of likely N-dealkylation sites (tertiary alicyclic amines) is 1. The maximum absolute atomic E-state index is 6.19. The second-order valence-corrected chi connectivity index (χ2v) is 8.74. The van der Waals surface area contributed by atoms with E-state index >= 15 is 0 Å². The highest BCUT2D eigenvalue weighted by atomic mass is 16.5. The smallest absolute Gasteiger partial charge is 0.193 e. The molecular weight excluding hydrogens is 334 g/mol. The predicted molar refractivity (Wildman–Crippen MR) is 111 cm³/mol. The van der Waals surface area contributed by atoms with Gasteiger partial charge in [0.25, 0.3) is 0 Å². The Morgan fingerprint density at radius 3 is 2.44 bits per heavy atom. The molecule has 4 atom stereocenters. The quantitative estimate of drug-likeness (QED) is 0.642. The van der Waals surface area contributed by atoms with Crippen LogP contribution in [0.3, 0.4) is 0 Å². The molecule has 3 aliphatic rings. The lowest BCUT2D eigenvalue weighted by atomic mass is 9.82. The van der Waals surface area contributed by atoms with Crippen molar-refractivity contribution in [3.05, 3.63) is 35.4 Å². The fourth-order valence-corrected chi connectivity index (χ4v) is 5.31. The van der Waals surface area contributed by atoms with Gasteiger partial charge in [-0.25, -0.2) is 0 Å². The van der Waals surface area contributed by atoms with E-state index in [2.05, 4.69) is 46.4 Å². The van der Waals surface area contributed by atoms with Crippen molar-refractivity contribution in [3.63, 3.8) is 0 Å². The van der Waals surface area contributed by atoms with Gasteiger partial charge in [0.2, 0.25) is 0 Å². The van der Waals surface area contributed by atoms with Crippen LogP contribution < -0.4 is 5.32 Å². The van der Waals surface area contributed by atoms with Gasteiger partial charge in [0, 0.05) is 39.2 Å². The molecule has 0 radical (unpaired) electrons. The monoisotopic (exact) mass is 369 g/mol. The minimum Gasteiger partial charge on any atom is -0.373 e. The largest absolute Gasteiger partial charge is 0.373 e. The third-order valence-corrected chi connectivity index (χ3v) is 6.86. The van der Waals surface area contributed by atoms with E-state index in [0.717, 1.165) is 37.4 Å². The normalized spacial score (nSPS) is 31.6. The van der Waals surface area contributed by atoms with E-state index in [1.165, 1.54) is 56.3 Å². The van der Waals surface area contributed by atoms with E-state index in [4.69, 9.17) is 4.74 Å². The van der Waals surface area contributed by atoms with Gasteiger partial charge in [-0.3, -0.25) is 4.99 Å². The van der Waals surface area contributed by atoms with Gasteiger partial charge < -0.3 is 15.0 Å². The van der Waals surface area contributed by atoms with Crippen molar-refractivity contribution in [2.24, 2.45) is 22.7 Å². The SMILES string of the molecule is CN=C(NCC1CCCOC1c1ccc(C)cc1)N1CC2CCCCC2C1. The van der Waals surface area contributed by atoms with Gasteiger partial charge in [-0.1, -0.05) is 42.7 Å². The number of hydrogen-bond acceptors (Lipinski definition) is 2. The van der Waals surface area contributed by atoms with Gasteiger partial charge in [-0.2, -0.15) is 0 Å². The highest BCUT2D eigenvalue weighted by Gasteiger charge is 2.36. The van der Waals surface area contributed by atoms with Crippen LogP contribution in [0.5, 0.6) is 0 Å². The molecule has 2 aliphatic heterocycles. The van der Waals surface area contributed by atoms with Gasteiger partial charge in [-0.15, -0.1) is 0 Å². The Balaban J connectivity index is 1.37. The van der Waals surface area contributed by atoms with Crippen LogP contribution in [0.2, 0.25) is 0 Å². The number of aliphatic imine (C=N–C) groups is 1. The Morgan fingerprint density at radius 2 is 1.78 bits per heavy atom. The first kappa shape index (κ1) is 18.8. The number of ether oxygens (including phenoxy) is 1. The molecule has 27 heavy (non-hydrogen) atoms. The van der Waals surface area contributed by atoms with E-state index in [1.807, 2.05) is 7.05 Å². The summed E-state index contributed by atoms with van der Waals surface area (Å²) in [7, 11) is 1.93. The third kappa shape index (κ3) is 4.31. The van der Waals surface area contributed by atoms with E-state index in [0.29, 0.717) is 5.92 Å². The first-order chi connectivity index (χ1) is 13.2. The summed E-state index contributed by atoms with van der Waals surface area (Å²) in [5.41, 5.74) is 2.62. The zero-order valence-corrected chi connectivity index (χ0v) is 17.0. The van der Waals surface area contributed by atoms with Crippen LogP contribution >= 0.6 is 0 Å². The van der Waals surface area contributed by atoms with Crippen LogP contribution in [0.1, 0.15) is 55.8 Å². The van der Waals surface area contributed by atoms with E-state index in [-0.39, 0.29) is 6.10 Å². The number of fused-ring (bicyclic) bond motifs is 1. The molecule has 4 heteroatoms. The number of rotatable bonds is 3. The fourth-order valence-electron chi connectivity index (χ4n) is 5.31. The summed E-state index contributed by atoms with van der Waals surface area (Å²) >= 11 is 0. The molecule has 1 aliphatic carbocycles. The second kappa shape index (κ2) is 8.64.